The number of thiazole rings is 1. The van der Waals surface area contributed by atoms with E-state index < -0.39 is 5.97 Å². The molecule has 0 aliphatic carbocycles. The van der Waals surface area contributed by atoms with Crippen LogP contribution in [0.4, 0.5) is 5.13 Å². The van der Waals surface area contributed by atoms with E-state index in [2.05, 4.69) is 15.2 Å². The number of rotatable bonds is 8. The van der Waals surface area contributed by atoms with Crippen LogP contribution in [0.2, 0.25) is 0 Å². The number of hydrogen-bond donors (Lipinski definition) is 2. The van der Waals surface area contributed by atoms with E-state index >= 15 is 0 Å². The van der Waals surface area contributed by atoms with Crippen molar-refractivity contribution < 1.29 is 19.4 Å². The zero-order chi connectivity index (χ0) is 20.1. The Hall–Kier alpha value is -2.08. The third-order valence-electron chi connectivity index (χ3n) is 4.78. The Morgan fingerprint density at radius 2 is 1.97 bits per heavy atom. The summed E-state index contributed by atoms with van der Waals surface area (Å²) in [7, 11) is 0. The molecular weight excluding hydrogens is 397 g/mol. The van der Waals surface area contributed by atoms with Crippen LogP contribution in [0.3, 0.4) is 0 Å². The number of nitrogens with one attached hydrogen (secondary N) is 1. The Morgan fingerprint density at radius 1 is 1.20 bits per heavy atom. The Labute approximate surface area is 191 Å². The van der Waals surface area contributed by atoms with Crippen LogP contribution in [0.1, 0.15) is 15.9 Å². The van der Waals surface area contributed by atoms with Crippen molar-refractivity contribution in [3.63, 3.8) is 0 Å². The fourth-order valence-corrected chi connectivity index (χ4v) is 4.02. The van der Waals surface area contributed by atoms with Crippen molar-refractivity contribution in [3.05, 3.63) is 53.6 Å². The predicted octanol–water partition coefficient (Wildman–Crippen LogP) is 2.67. The minimum absolute atomic E-state index is 0. The predicted molar refractivity (Wildman–Crippen MR) is 120 cm³/mol. The van der Waals surface area contributed by atoms with Crippen molar-refractivity contribution in [3.8, 4) is 5.75 Å². The number of carboxylic acids is 1. The summed E-state index contributed by atoms with van der Waals surface area (Å²) in [5.74, 6) is -0.0659. The van der Waals surface area contributed by atoms with Crippen molar-refractivity contribution in [2.45, 2.75) is 6.54 Å². The molecule has 2 heterocycles. The van der Waals surface area contributed by atoms with E-state index in [9.17, 15) is 4.79 Å². The molecule has 0 spiro atoms. The normalized spacial score (nSPS) is 14.3. The zero-order valence-electron chi connectivity index (χ0n) is 16.0. The van der Waals surface area contributed by atoms with Gasteiger partial charge in [0.2, 0.25) is 0 Å². The van der Waals surface area contributed by atoms with E-state index in [1.54, 1.807) is 23.5 Å². The van der Waals surface area contributed by atoms with Gasteiger partial charge in [-0.15, -0.1) is 0 Å². The first kappa shape index (κ1) is 22.6. The Morgan fingerprint density at radius 3 is 2.70 bits per heavy atom. The van der Waals surface area contributed by atoms with Gasteiger partial charge in [0, 0.05) is 26.2 Å². The molecule has 0 atom stereocenters. The second-order valence-electron chi connectivity index (χ2n) is 6.81. The average molecular weight is 421 g/mol. The quantitative estimate of drug-likeness (QED) is 0.541. The molecule has 0 bridgehead atoms. The molecule has 1 fully saturated rings. The van der Waals surface area contributed by atoms with Gasteiger partial charge in [-0.2, -0.15) is 0 Å². The van der Waals surface area contributed by atoms with Gasteiger partial charge in [-0.05, 0) is 35.9 Å². The van der Waals surface area contributed by atoms with Crippen LogP contribution < -0.4 is 10.1 Å². The van der Waals surface area contributed by atoms with Crippen molar-refractivity contribution in [2.24, 2.45) is 0 Å². The van der Waals surface area contributed by atoms with Crippen LogP contribution in [0.5, 0.6) is 5.75 Å². The van der Waals surface area contributed by atoms with E-state index in [-0.39, 0.29) is 24.4 Å². The van der Waals surface area contributed by atoms with E-state index in [1.807, 2.05) is 30.3 Å². The number of benzene rings is 2. The summed E-state index contributed by atoms with van der Waals surface area (Å²) in [4.78, 5) is 17.9. The Balaban J connectivity index is 0.00000256. The van der Waals surface area contributed by atoms with Crippen LogP contribution in [-0.4, -0.2) is 79.3 Å². The number of aromatic nitrogens is 1. The summed E-state index contributed by atoms with van der Waals surface area (Å²) in [6.45, 7) is 5.66. The van der Waals surface area contributed by atoms with Gasteiger partial charge in [0.05, 0.1) is 29.0 Å². The molecule has 154 valence electrons. The molecular formula is C21H24LiN3O4S. The summed E-state index contributed by atoms with van der Waals surface area (Å²) < 4.78 is 12.3. The molecule has 1 aliphatic rings. The zero-order valence-corrected chi connectivity index (χ0v) is 16.8. The molecule has 0 radical (unpaired) electrons. The number of anilines is 1. The molecule has 7 nitrogen and oxygen atoms in total. The van der Waals surface area contributed by atoms with Gasteiger partial charge < -0.3 is 19.9 Å². The molecule has 0 unspecified atom stereocenters. The topological polar surface area (TPSA) is 83.9 Å². The number of carboxylic acid groups (broad SMARTS) is 1. The van der Waals surface area contributed by atoms with Gasteiger partial charge >= 0.3 is 24.8 Å². The molecule has 9 heteroatoms. The molecule has 2 N–H and O–H groups in total. The van der Waals surface area contributed by atoms with Crippen LogP contribution in [-0.2, 0) is 11.3 Å². The molecule has 0 saturated carbocycles. The van der Waals surface area contributed by atoms with E-state index in [0.29, 0.717) is 13.2 Å². The fraction of sp³-hybridized carbons (Fsp3) is 0.333. The maximum atomic E-state index is 10.9. The standard InChI is InChI=1S/C21H23N3O4S.Li.H/c25-20(26)16-3-1-15(2-4-16)14-22-21-23-18-6-5-17(13-19(18)29-21)28-12-9-24-7-10-27-11-8-24;;/h1-6,13H,7-12,14H2,(H,22,23)(H,25,26);;. The molecule has 4 rings (SSSR count). The van der Waals surface area contributed by atoms with E-state index in [4.69, 9.17) is 14.6 Å². The number of ether oxygens (including phenoxy) is 2. The number of hydrogen-bond acceptors (Lipinski definition) is 7. The number of carbonyl (C=O) groups is 1. The molecule has 1 saturated heterocycles. The first-order valence-corrected chi connectivity index (χ1v) is 10.4. The SMILES string of the molecule is O=C(O)c1ccc(CNc2nc3ccc(OCCN4CCOCC4)cc3s2)cc1.[LiH]. The maximum absolute atomic E-state index is 10.9. The third-order valence-corrected chi connectivity index (χ3v) is 5.76. The van der Waals surface area contributed by atoms with Crippen LogP contribution >= 0.6 is 11.3 Å². The number of morpholine rings is 1. The molecule has 3 aromatic rings. The Bertz CT molecular complexity index is 974. The molecule has 30 heavy (non-hydrogen) atoms. The Kier molecular flexibility index (Phi) is 8.14. The first-order valence-electron chi connectivity index (χ1n) is 9.57. The monoisotopic (exact) mass is 421 g/mol. The van der Waals surface area contributed by atoms with Crippen molar-refractivity contribution in [1.29, 1.82) is 0 Å². The van der Waals surface area contributed by atoms with Gasteiger partial charge in [-0.1, -0.05) is 23.5 Å². The van der Waals surface area contributed by atoms with Gasteiger partial charge in [0.25, 0.3) is 0 Å². The summed E-state index contributed by atoms with van der Waals surface area (Å²) in [5.41, 5.74) is 2.22. The first-order chi connectivity index (χ1) is 14.2. The number of nitrogens with zero attached hydrogens (tertiary/aromatic N) is 2. The number of aromatic carboxylic acids is 1. The molecule has 1 aliphatic heterocycles. The second-order valence-corrected chi connectivity index (χ2v) is 7.84. The van der Waals surface area contributed by atoms with Crippen LogP contribution in [0.15, 0.2) is 42.5 Å². The van der Waals surface area contributed by atoms with E-state index in [0.717, 1.165) is 59.5 Å². The fourth-order valence-electron chi connectivity index (χ4n) is 3.13. The molecule has 2 aromatic carbocycles. The number of fused-ring (bicyclic) bond motifs is 1. The summed E-state index contributed by atoms with van der Waals surface area (Å²) >= 11 is 1.58. The average Bonchev–Trinajstić information content (AvgIpc) is 3.15. The summed E-state index contributed by atoms with van der Waals surface area (Å²) in [6.07, 6.45) is 0. The van der Waals surface area contributed by atoms with Gasteiger partial charge in [-0.3, -0.25) is 4.90 Å². The third kappa shape index (κ3) is 5.97. The second kappa shape index (κ2) is 10.8. The van der Waals surface area contributed by atoms with Crippen molar-refractivity contribution >= 4 is 51.5 Å². The summed E-state index contributed by atoms with van der Waals surface area (Å²) in [5, 5.41) is 13.1. The van der Waals surface area contributed by atoms with Gasteiger partial charge in [0.15, 0.2) is 5.13 Å². The molecule has 1 aromatic heterocycles. The van der Waals surface area contributed by atoms with Crippen molar-refractivity contribution in [2.75, 3.05) is 44.8 Å². The summed E-state index contributed by atoms with van der Waals surface area (Å²) in [6, 6.07) is 12.8. The van der Waals surface area contributed by atoms with E-state index in [1.165, 1.54) is 0 Å². The van der Waals surface area contributed by atoms with Gasteiger partial charge in [0.1, 0.15) is 12.4 Å². The van der Waals surface area contributed by atoms with Crippen molar-refractivity contribution in [1.82, 2.24) is 9.88 Å². The van der Waals surface area contributed by atoms with Crippen LogP contribution in [0.25, 0.3) is 10.2 Å². The van der Waals surface area contributed by atoms with Crippen LogP contribution in [0, 0.1) is 0 Å². The minimum atomic E-state index is -0.918. The molecule has 0 amide bonds. The van der Waals surface area contributed by atoms with Gasteiger partial charge in [-0.25, -0.2) is 9.78 Å².